The molecule has 0 radical (unpaired) electrons. The minimum absolute atomic E-state index is 0.166. The average Bonchev–Trinajstić information content (AvgIpc) is 3.03. The van der Waals surface area contributed by atoms with Crippen molar-refractivity contribution in [1.82, 2.24) is 4.90 Å². The van der Waals surface area contributed by atoms with Crippen molar-refractivity contribution in [2.24, 2.45) is 17.1 Å². The molecule has 0 spiro atoms. The van der Waals surface area contributed by atoms with E-state index in [0.717, 1.165) is 31.7 Å². The van der Waals surface area contributed by atoms with Crippen molar-refractivity contribution in [3.63, 3.8) is 0 Å². The number of nitrogens with two attached hydrogens (primary N) is 1. The molecule has 3 nitrogen and oxygen atoms in total. The van der Waals surface area contributed by atoms with E-state index in [-0.39, 0.29) is 11.5 Å². The van der Waals surface area contributed by atoms with Gasteiger partial charge >= 0.3 is 0 Å². The van der Waals surface area contributed by atoms with Crippen LogP contribution in [0.3, 0.4) is 0 Å². The molecule has 2 N–H and O–H groups in total. The third kappa shape index (κ3) is 3.43. The Morgan fingerprint density at radius 3 is 2.59 bits per heavy atom. The summed E-state index contributed by atoms with van der Waals surface area (Å²) < 4.78 is 5.55. The highest BCUT2D eigenvalue weighted by Crippen LogP contribution is 2.34. The van der Waals surface area contributed by atoms with Crippen LogP contribution >= 0.6 is 0 Å². The summed E-state index contributed by atoms with van der Waals surface area (Å²) in [5, 5.41) is 0. The molecule has 17 heavy (non-hydrogen) atoms. The van der Waals surface area contributed by atoms with E-state index in [2.05, 4.69) is 25.7 Å². The van der Waals surface area contributed by atoms with Gasteiger partial charge < -0.3 is 10.5 Å². The molecule has 2 fully saturated rings. The third-order valence-corrected chi connectivity index (χ3v) is 4.25. The van der Waals surface area contributed by atoms with E-state index in [9.17, 15) is 0 Å². The van der Waals surface area contributed by atoms with Gasteiger partial charge in [-0.05, 0) is 31.7 Å². The maximum Gasteiger partial charge on any atom is 0.0624 e. The number of nitrogens with zero attached hydrogens (tertiary/aromatic N) is 1. The Morgan fingerprint density at radius 1 is 1.41 bits per heavy atom. The maximum atomic E-state index is 6.19. The van der Waals surface area contributed by atoms with Gasteiger partial charge in [-0.1, -0.05) is 20.8 Å². The lowest BCUT2D eigenvalue weighted by Gasteiger charge is -2.34. The van der Waals surface area contributed by atoms with Gasteiger partial charge in [0.2, 0.25) is 0 Å². The van der Waals surface area contributed by atoms with Crippen LogP contribution in [-0.4, -0.2) is 43.3 Å². The topological polar surface area (TPSA) is 38.5 Å². The summed E-state index contributed by atoms with van der Waals surface area (Å²) in [6.07, 6.45) is 4.05. The summed E-state index contributed by atoms with van der Waals surface area (Å²) in [6, 6.07) is 1.04. The number of hydrogen-bond donors (Lipinski definition) is 1. The summed E-state index contributed by atoms with van der Waals surface area (Å²) in [6.45, 7) is 10.8. The Bertz CT molecular complexity index is 253. The Kier molecular flexibility index (Phi) is 4.11. The van der Waals surface area contributed by atoms with E-state index in [4.69, 9.17) is 10.5 Å². The van der Waals surface area contributed by atoms with Crippen LogP contribution in [0.25, 0.3) is 0 Å². The van der Waals surface area contributed by atoms with E-state index in [1.807, 2.05) is 0 Å². The average molecular weight is 240 g/mol. The lowest BCUT2D eigenvalue weighted by atomic mass is 9.85. The molecule has 1 heterocycles. The molecule has 1 saturated carbocycles. The number of ether oxygens (including phenoxy) is 1. The second-order valence-corrected chi connectivity index (χ2v) is 6.66. The summed E-state index contributed by atoms with van der Waals surface area (Å²) in [5.41, 5.74) is 6.35. The third-order valence-electron chi connectivity index (χ3n) is 4.25. The summed E-state index contributed by atoms with van der Waals surface area (Å²) in [7, 11) is 0. The second-order valence-electron chi connectivity index (χ2n) is 6.66. The fourth-order valence-corrected chi connectivity index (χ4v) is 2.61. The molecule has 0 aromatic carbocycles. The fourth-order valence-electron chi connectivity index (χ4n) is 2.61. The molecule has 1 aliphatic carbocycles. The molecule has 2 aliphatic rings. The standard InChI is InChI=1S/C14H28N2O/c1-11(2)6-7-16(12-4-5-12)9-14(3)10-17-8-13(14)15/h11-13H,4-10,15H2,1-3H3. The van der Waals surface area contributed by atoms with Crippen molar-refractivity contribution in [3.8, 4) is 0 Å². The smallest absolute Gasteiger partial charge is 0.0624 e. The maximum absolute atomic E-state index is 6.19. The SMILES string of the molecule is CC(C)CCN(CC1(C)COCC1N)C1CC1. The molecule has 2 rings (SSSR count). The van der Waals surface area contributed by atoms with Crippen molar-refractivity contribution >= 4 is 0 Å². The monoisotopic (exact) mass is 240 g/mol. The molecule has 0 amide bonds. The predicted octanol–water partition coefficient (Wildman–Crippen LogP) is 1.86. The fraction of sp³-hybridized carbons (Fsp3) is 1.00. The van der Waals surface area contributed by atoms with Crippen LogP contribution in [-0.2, 0) is 4.74 Å². The van der Waals surface area contributed by atoms with Crippen molar-refractivity contribution in [2.45, 2.75) is 52.1 Å². The van der Waals surface area contributed by atoms with Crippen LogP contribution in [0.15, 0.2) is 0 Å². The van der Waals surface area contributed by atoms with Gasteiger partial charge in [0.05, 0.1) is 13.2 Å². The Balaban J connectivity index is 1.88. The van der Waals surface area contributed by atoms with Crippen LogP contribution in [0.1, 0.15) is 40.0 Å². The zero-order chi connectivity index (χ0) is 12.5. The van der Waals surface area contributed by atoms with Crippen LogP contribution < -0.4 is 5.73 Å². The van der Waals surface area contributed by atoms with E-state index in [0.29, 0.717) is 0 Å². The largest absolute Gasteiger partial charge is 0.379 e. The molecule has 3 heteroatoms. The van der Waals surface area contributed by atoms with Crippen molar-refractivity contribution < 1.29 is 4.74 Å². The first-order chi connectivity index (χ1) is 8.01. The Hall–Kier alpha value is -0.120. The van der Waals surface area contributed by atoms with Crippen molar-refractivity contribution in [3.05, 3.63) is 0 Å². The molecule has 1 saturated heterocycles. The Morgan fingerprint density at radius 2 is 2.12 bits per heavy atom. The minimum Gasteiger partial charge on any atom is -0.379 e. The number of hydrogen-bond acceptors (Lipinski definition) is 3. The van der Waals surface area contributed by atoms with Gasteiger partial charge in [0.25, 0.3) is 0 Å². The zero-order valence-electron chi connectivity index (χ0n) is 11.6. The molecule has 0 bridgehead atoms. The normalized spacial score (nSPS) is 33.9. The van der Waals surface area contributed by atoms with Crippen molar-refractivity contribution in [1.29, 1.82) is 0 Å². The molecule has 2 atom stereocenters. The quantitative estimate of drug-likeness (QED) is 0.770. The van der Waals surface area contributed by atoms with Crippen molar-refractivity contribution in [2.75, 3.05) is 26.3 Å². The highest BCUT2D eigenvalue weighted by molar-refractivity contribution is 4.95. The van der Waals surface area contributed by atoms with E-state index < -0.39 is 0 Å². The van der Waals surface area contributed by atoms with Gasteiger partial charge in [-0.15, -0.1) is 0 Å². The molecule has 2 unspecified atom stereocenters. The second kappa shape index (κ2) is 5.25. The Labute approximate surface area is 106 Å². The first kappa shape index (κ1) is 13.3. The van der Waals surface area contributed by atoms with E-state index >= 15 is 0 Å². The first-order valence-electron chi connectivity index (χ1n) is 7.08. The molecular formula is C14H28N2O. The molecule has 100 valence electrons. The van der Waals surface area contributed by atoms with E-state index in [1.54, 1.807) is 0 Å². The lowest BCUT2D eigenvalue weighted by Crippen LogP contribution is -2.47. The molecular weight excluding hydrogens is 212 g/mol. The van der Waals surface area contributed by atoms with Gasteiger partial charge in [-0.2, -0.15) is 0 Å². The van der Waals surface area contributed by atoms with Gasteiger partial charge in [-0.25, -0.2) is 0 Å². The highest BCUT2D eigenvalue weighted by Gasteiger charge is 2.41. The minimum atomic E-state index is 0.166. The van der Waals surface area contributed by atoms with Crippen LogP contribution in [0.2, 0.25) is 0 Å². The molecule has 0 aromatic heterocycles. The number of rotatable bonds is 6. The van der Waals surface area contributed by atoms with Gasteiger partial charge in [-0.3, -0.25) is 4.90 Å². The van der Waals surface area contributed by atoms with Gasteiger partial charge in [0, 0.05) is 24.0 Å². The van der Waals surface area contributed by atoms with Gasteiger partial charge in [0.15, 0.2) is 0 Å². The lowest BCUT2D eigenvalue weighted by molar-refractivity contribution is 0.112. The summed E-state index contributed by atoms with van der Waals surface area (Å²) >= 11 is 0. The molecule has 0 aromatic rings. The zero-order valence-corrected chi connectivity index (χ0v) is 11.6. The predicted molar refractivity (Wildman–Crippen MR) is 71.0 cm³/mol. The van der Waals surface area contributed by atoms with Crippen LogP contribution in [0.4, 0.5) is 0 Å². The first-order valence-corrected chi connectivity index (χ1v) is 7.08. The van der Waals surface area contributed by atoms with Crippen LogP contribution in [0, 0.1) is 11.3 Å². The summed E-state index contributed by atoms with van der Waals surface area (Å²) in [5.74, 6) is 0.789. The summed E-state index contributed by atoms with van der Waals surface area (Å²) in [4.78, 5) is 2.66. The van der Waals surface area contributed by atoms with Crippen LogP contribution in [0.5, 0.6) is 0 Å². The molecule has 1 aliphatic heterocycles. The van der Waals surface area contributed by atoms with E-state index in [1.165, 1.54) is 25.8 Å². The van der Waals surface area contributed by atoms with Gasteiger partial charge in [0.1, 0.15) is 0 Å². The highest BCUT2D eigenvalue weighted by atomic mass is 16.5.